The van der Waals surface area contributed by atoms with Crippen LogP contribution in [0, 0.1) is 0 Å². The molecule has 9 aromatic rings. The number of hydrogen-bond acceptors (Lipinski definition) is 2. The molecule has 0 N–H and O–H groups in total. The molecule has 1 heterocycles. The summed E-state index contributed by atoms with van der Waals surface area (Å²) < 4.78 is 6.38. The third-order valence-electron chi connectivity index (χ3n) is 9.25. The number of fused-ring (bicyclic) bond motifs is 4. The van der Waals surface area contributed by atoms with Crippen LogP contribution in [-0.4, -0.2) is 0 Å². The van der Waals surface area contributed by atoms with Crippen LogP contribution >= 0.6 is 0 Å². The molecular weight excluding hydrogens is 583 g/mol. The molecule has 9 rings (SSSR count). The van der Waals surface area contributed by atoms with Crippen LogP contribution in [-0.2, 0) is 0 Å². The van der Waals surface area contributed by atoms with Crippen LogP contribution in [0.1, 0.15) is 0 Å². The molecule has 0 aliphatic rings. The molecule has 0 saturated carbocycles. The van der Waals surface area contributed by atoms with E-state index >= 15 is 0 Å². The molecule has 0 fully saturated rings. The number of hydrogen-bond donors (Lipinski definition) is 0. The quantitative estimate of drug-likeness (QED) is 0.185. The van der Waals surface area contributed by atoms with E-state index in [-0.39, 0.29) is 0 Å². The van der Waals surface area contributed by atoms with Crippen molar-refractivity contribution in [2.75, 3.05) is 4.90 Å². The second kappa shape index (κ2) is 11.8. The Morgan fingerprint density at radius 3 is 1.85 bits per heavy atom. The molecule has 2 heteroatoms. The normalized spacial score (nSPS) is 11.3. The lowest BCUT2D eigenvalue weighted by Crippen LogP contribution is -2.11. The maximum atomic E-state index is 6.38. The maximum Gasteiger partial charge on any atom is 0.137 e. The summed E-state index contributed by atoms with van der Waals surface area (Å²) in [6.07, 6.45) is 0. The van der Waals surface area contributed by atoms with Gasteiger partial charge in [-0.05, 0) is 81.1 Å². The minimum Gasteiger partial charge on any atom is -0.456 e. The zero-order valence-corrected chi connectivity index (χ0v) is 26.3. The van der Waals surface area contributed by atoms with Crippen LogP contribution in [0.25, 0.3) is 66.1 Å². The average molecular weight is 614 g/mol. The highest BCUT2D eigenvalue weighted by Gasteiger charge is 2.19. The van der Waals surface area contributed by atoms with E-state index in [0.717, 1.165) is 50.1 Å². The summed E-state index contributed by atoms with van der Waals surface area (Å²) >= 11 is 0. The van der Waals surface area contributed by atoms with Crippen molar-refractivity contribution < 1.29 is 4.42 Å². The third kappa shape index (κ3) is 4.92. The van der Waals surface area contributed by atoms with Crippen molar-refractivity contribution in [3.05, 3.63) is 188 Å². The van der Waals surface area contributed by atoms with Gasteiger partial charge in [-0.15, -0.1) is 0 Å². The summed E-state index contributed by atoms with van der Waals surface area (Å²) in [6, 6.07) is 66.9. The first-order valence-electron chi connectivity index (χ1n) is 16.3. The number of benzene rings is 8. The van der Waals surface area contributed by atoms with Crippen molar-refractivity contribution in [1.29, 1.82) is 0 Å². The van der Waals surface area contributed by atoms with Crippen LogP contribution < -0.4 is 4.90 Å². The van der Waals surface area contributed by atoms with E-state index in [1.165, 1.54) is 33.0 Å². The first-order chi connectivity index (χ1) is 23.8. The molecule has 0 saturated heterocycles. The molecule has 48 heavy (non-hydrogen) atoms. The van der Waals surface area contributed by atoms with Crippen LogP contribution in [0.5, 0.6) is 0 Å². The second-order valence-electron chi connectivity index (χ2n) is 12.2. The Morgan fingerprint density at radius 1 is 0.333 bits per heavy atom. The summed E-state index contributed by atoms with van der Waals surface area (Å²) in [4.78, 5) is 2.35. The smallest absolute Gasteiger partial charge is 0.137 e. The van der Waals surface area contributed by atoms with Crippen molar-refractivity contribution >= 4 is 49.8 Å². The molecule has 0 aliphatic heterocycles. The fourth-order valence-electron chi connectivity index (χ4n) is 6.98. The molecular formula is C46H31NO. The molecule has 2 nitrogen and oxygen atoms in total. The van der Waals surface area contributed by atoms with Gasteiger partial charge in [0.1, 0.15) is 11.2 Å². The molecule has 0 amide bonds. The van der Waals surface area contributed by atoms with Crippen molar-refractivity contribution in [2.24, 2.45) is 0 Å². The molecule has 8 aromatic carbocycles. The summed E-state index contributed by atoms with van der Waals surface area (Å²) in [5, 5.41) is 4.75. The van der Waals surface area contributed by atoms with Gasteiger partial charge in [-0.2, -0.15) is 0 Å². The van der Waals surface area contributed by atoms with Crippen molar-refractivity contribution in [1.82, 2.24) is 0 Å². The molecule has 1 aromatic heterocycles. The third-order valence-corrected chi connectivity index (χ3v) is 9.25. The fraction of sp³-hybridized carbons (Fsp3) is 0. The van der Waals surface area contributed by atoms with E-state index in [4.69, 9.17) is 4.42 Å². The van der Waals surface area contributed by atoms with E-state index in [1.54, 1.807) is 0 Å². The molecule has 0 bridgehead atoms. The highest BCUT2D eigenvalue weighted by molar-refractivity contribution is 6.06. The van der Waals surface area contributed by atoms with E-state index in [9.17, 15) is 0 Å². The Labute approximate surface area is 279 Å². The summed E-state index contributed by atoms with van der Waals surface area (Å²) in [6.45, 7) is 0. The lowest BCUT2D eigenvalue weighted by atomic mass is 9.95. The Bertz CT molecular complexity index is 2570. The van der Waals surface area contributed by atoms with Crippen molar-refractivity contribution in [3.8, 4) is 33.4 Å². The Hall–Kier alpha value is -6.38. The predicted octanol–water partition coefficient (Wildman–Crippen LogP) is 13.2. The van der Waals surface area contributed by atoms with E-state index < -0.39 is 0 Å². The van der Waals surface area contributed by atoms with E-state index in [0.29, 0.717) is 0 Å². The van der Waals surface area contributed by atoms with Gasteiger partial charge in [0.2, 0.25) is 0 Å². The molecule has 0 spiro atoms. The largest absolute Gasteiger partial charge is 0.456 e. The lowest BCUT2D eigenvalue weighted by molar-refractivity contribution is 0.669. The lowest BCUT2D eigenvalue weighted by Gasteiger charge is -2.28. The van der Waals surface area contributed by atoms with Crippen LogP contribution in [0.15, 0.2) is 192 Å². The van der Waals surface area contributed by atoms with Crippen LogP contribution in [0.4, 0.5) is 17.1 Å². The Balaban J connectivity index is 1.21. The minimum absolute atomic E-state index is 0.870. The van der Waals surface area contributed by atoms with Crippen LogP contribution in [0.3, 0.4) is 0 Å². The summed E-state index contributed by atoms with van der Waals surface area (Å²) in [7, 11) is 0. The first kappa shape index (κ1) is 27.9. The molecule has 226 valence electrons. The topological polar surface area (TPSA) is 16.4 Å². The van der Waals surface area contributed by atoms with Crippen molar-refractivity contribution in [3.63, 3.8) is 0 Å². The molecule has 0 aliphatic carbocycles. The Morgan fingerprint density at radius 2 is 0.938 bits per heavy atom. The summed E-state index contributed by atoms with van der Waals surface area (Å²) in [5.41, 5.74) is 12.1. The average Bonchev–Trinajstić information content (AvgIpc) is 3.53. The van der Waals surface area contributed by atoms with Gasteiger partial charge in [-0.1, -0.05) is 140 Å². The monoisotopic (exact) mass is 613 g/mol. The molecule has 0 radical (unpaired) electrons. The zero-order chi connectivity index (χ0) is 31.9. The first-order valence-corrected chi connectivity index (χ1v) is 16.3. The number of furan rings is 1. The minimum atomic E-state index is 0.870. The standard InChI is InChI=1S/C46H31NO/c1-2-13-33(14-3-1)41-22-6-8-25-44(41)47(38-27-28-43-42-23-7-9-26-45(42)48-46(43)31-38)37-20-11-18-35(30-37)34-17-10-19-36(29-34)40-24-12-16-32-15-4-5-21-39(32)40/h1-31H. The van der Waals surface area contributed by atoms with Gasteiger partial charge in [-0.25, -0.2) is 0 Å². The maximum absolute atomic E-state index is 6.38. The van der Waals surface area contributed by atoms with Crippen molar-refractivity contribution in [2.45, 2.75) is 0 Å². The van der Waals surface area contributed by atoms with Gasteiger partial charge in [-0.3, -0.25) is 0 Å². The number of nitrogens with zero attached hydrogens (tertiary/aromatic N) is 1. The van der Waals surface area contributed by atoms with Gasteiger partial charge >= 0.3 is 0 Å². The van der Waals surface area contributed by atoms with Gasteiger partial charge < -0.3 is 9.32 Å². The zero-order valence-electron chi connectivity index (χ0n) is 26.3. The Kier molecular flexibility index (Phi) is 6.84. The van der Waals surface area contributed by atoms with Gasteiger partial charge in [0, 0.05) is 33.8 Å². The fourth-order valence-corrected chi connectivity index (χ4v) is 6.98. The van der Waals surface area contributed by atoms with Gasteiger partial charge in [0.05, 0.1) is 5.69 Å². The number of rotatable bonds is 6. The number of anilines is 3. The van der Waals surface area contributed by atoms with Gasteiger partial charge in [0.15, 0.2) is 0 Å². The van der Waals surface area contributed by atoms with E-state index in [2.05, 4.69) is 181 Å². The van der Waals surface area contributed by atoms with E-state index in [1.807, 2.05) is 12.1 Å². The highest BCUT2D eigenvalue weighted by atomic mass is 16.3. The SMILES string of the molecule is c1ccc(-c2ccccc2N(c2cccc(-c3cccc(-c4cccc5ccccc45)c3)c2)c2ccc3c(c2)oc2ccccc23)cc1. The predicted molar refractivity (Wildman–Crippen MR) is 202 cm³/mol. The highest BCUT2D eigenvalue weighted by Crippen LogP contribution is 2.43. The number of para-hydroxylation sites is 2. The molecule has 0 atom stereocenters. The molecule has 0 unspecified atom stereocenters. The summed E-state index contributed by atoms with van der Waals surface area (Å²) in [5.74, 6) is 0. The second-order valence-corrected chi connectivity index (χ2v) is 12.2. The van der Waals surface area contributed by atoms with Crippen LogP contribution in [0.2, 0.25) is 0 Å². The van der Waals surface area contributed by atoms with Gasteiger partial charge in [0.25, 0.3) is 0 Å².